The fraction of sp³-hybridized carbons (Fsp3) is 0.235. The molecule has 2 heteroatoms. The van der Waals surface area contributed by atoms with Crippen LogP contribution >= 0.6 is 0 Å². The highest BCUT2D eigenvalue weighted by atomic mass is 15.0. The van der Waals surface area contributed by atoms with Crippen LogP contribution in [0.5, 0.6) is 0 Å². The summed E-state index contributed by atoms with van der Waals surface area (Å²) in [4.78, 5) is 0. The van der Waals surface area contributed by atoms with Crippen LogP contribution in [0.1, 0.15) is 23.1 Å². The predicted molar refractivity (Wildman–Crippen MR) is 76.9 cm³/mol. The van der Waals surface area contributed by atoms with Gasteiger partial charge in [-0.05, 0) is 42.5 Å². The Morgan fingerprint density at radius 2 is 1.84 bits per heavy atom. The van der Waals surface area contributed by atoms with E-state index >= 15 is 0 Å². The molecule has 0 aliphatic heterocycles. The summed E-state index contributed by atoms with van der Waals surface area (Å²) in [5.41, 5.74) is 4.04. The first kappa shape index (κ1) is 11.8. The first-order chi connectivity index (χ1) is 9.25. The second kappa shape index (κ2) is 4.44. The predicted octanol–water partition coefficient (Wildman–Crippen LogP) is 3.77. The fourth-order valence-electron chi connectivity index (χ4n) is 2.83. The van der Waals surface area contributed by atoms with E-state index in [1.165, 1.54) is 11.1 Å². The molecular formula is C17H16N2. The lowest BCUT2D eigenvalue weighted by Gasteiger charge is -2.26. The zero-order chi connectivity index (χ0) is 13.3. The van der Waals surface area contributed by atoms with E-state index in [-0.39, 0.29) is 0 Å². The van der Waals surface area contributed by atoms with Crippen LogP contribution in [-0.2, 0) is 12.0 Å². The molecule has 1 aliphatic rings. The molecule has 1 aliphatic carbocycles. The minimum absolute atomic E-state index is 0.581. The van der Waals surface area contributed by atoms with E-state index in [4.69, 9.17) is 0 Å². The van der Waals surface area contributed by atoms with E-state index in [0.29, 0.717) is 0 Å². The van der Waals surface area contributed by atoms with Crippen molar-refractivity contribution in [1.82, 2.24) is 0 Å². The van der Waals surface area contributed by atoms with Crippen LogP contribution < -0.4 is 5.32 Å². The largest absolute Gasteiger partial charge is 0.363 e. The summed E-state index contributed by atoms with van der Waals surface area (Å²) in [6.07, 6.45) is 1.79. The highest BCUT2D eigenvalue weighted by Crippen LogP contribution is 2.39. The van der Waals surface area contributed by atoms with Gasteiger partial charge < -0.3 is 5.32 Å². The number of rotatable bonds is 2. The Labute approximate surface area is 113 Å². The third-order valence-electron chi connectivity index (χ3n) is 3.93. The third-order valence-corrected chi connectivity index (χ3v) is 3.93. The van der Waals surface area contributed by atoms with Crippen molar-refractivity contribution < 1.29 is 0 Å². The first-order valence-electron chi connectivity index (χ1n) is 6.59. The normalized spacial score (nSPS) is 20.6. The summed E-state index contributed by atoms with van der Waals surface area (Å²) in [7, 11) is 0. The topological polar surface area (TPSA) is 35.8 Å². The van der Waals surface area contributed by atoms with Crippen LogP contribution in [0.2, 0.25) is 0 Å². The monoisotopic (exact) mass is 248 g/mol. The van der Waals surface area contributed by atoms with Gasteiger partial charge in [0.1, 0.15) is 0 Å². The van der Waals surface area contributed by atoms with E-state index in [1.807, 2.05) is 30.3 Å². The number of nitriles is 1. The molecule has 3 rings (SSSR count). The number of nitrogens with one attached hydrogen (secondary N) is 1. The van der Waals surface area contributed by atoms with Crippen LogP contribution in [0.3, 0.4) is 0 Å². The molecule has 0 bridgehead atoms. The maximum atomic E-state index is 9.70. The molecular weight excluding hydrogens is 232 g/mol. The highest BCUT2D eigenvalue weighted by Gasteiger charge is 2.38. The van der Waals surface area contributed by atoms with Crippen LogP contribution in [0.4, 0.5) is 5.69 Å². The Morgan fingerprint density at radius 1 is 1.11 bits per heavy atom. The maximum absolute atomic E-state index is 9.70. The Balaban J connectivity index is 2.04. The molecule has 0 saturated carbocycles. The van der Waals surface area contributed by atoms with E-state index in [1.54, 1.807) is 0 Å². The zero-order valence-corrected chi connectivity index (χ0v) is 11.0. The molecule has 19 heavy (non-hydrogen) atoms. The summed E-state index contributed by atoms with van der Waals surface area (Å²) >= 11 is 0. The highest BCUT2D eigenvalue weighted by molar-refractivity contribution is 5.58. The van der Waals surface area contributed by atoms with Gasteiger partial charge in [0.2, 0.25) is 0 Å². The minimum Gasteiger partial charge on any atom is -0.363 e. The third kappa shape index (κ3) is 1.88. The van der Waals surface area contributed by atoms with Crippen molar-refractivity contribution in [3.63, 3.8) is 0 Å². The number of hydrogen-bond acceptors (Lipinski definition) is 2. The van der Waals surface area contributed by atoms with Crippen molar-refractivity contribution in [3.8, 4) is 6.07 Å². The molecule has 2 nitrogen and oxygen atoms in total. The van der Waals surface area contributed by atoms with Gasteiger partial charge in [-0.1, -0.05) is 42.5 Å². The average molecular weight is 248 g/mol. The molecule has 2 aromatic rings. The molecule has 2 aromatic carbocycles. The van der Waals surface area contributed by atoms with E-state index in [9.17, 15) is 5.26 Å². The number of hydrogen-bond donors (Lipinski definition) is 1. The van der Waals surface area contributed by atoms with Crippen LogP contribution in [-0.4, -0.2) is 0 Å². The number of aryl methyl sites for hydroxylation is 2. The number of anilines is 1. The van der Waals surface area contributed by atoms with Crippen molar-refractivity contribution in [2.45, 2.75) is 25.3 Å². The molecule has 0 saturated heterocycles. The molecule has 0 fully saturated rings. The van der Waals surface area contributed by atoms with Gasteiger partial charge in [-0.25, -0.2) is 0 Å². The smallest absolute Gasteiger partial charge is 0.151 e. The number of nitrogens with zero attached hydrogens (tertiary/aromatic N) is 1. The lowest BCUT2D eigenvalue weighted by atomic mass is 9.92. The molecule has 94 valence electrons. The van der Waals surface area contributed by atoms with Gasteiger partial charge in [0, 0.05) is 5.69 Å². The molecule has 0 heterocycles. The zero-order valence-electron chi connectivity index (χ0n) is 11.0. The number of fused-ring (bicyclic) bond motifs is 1. The number of para-hydroxylation sites is 1. The van der Waals surface area contributed by atoms with Gasteiger partial charge in [-0.2, -0.15) is 5.26 Å². The van der Waals surface area contributed by atoms with Gasteiger partial charge in [-0.15, -0.1) is 0 Å². The van der Waals surface area contributed by atoms with Crippen molar-refractivity contribution in [2.75, 3.05) is 5.32 Å². The minimum atomic E-state index is -0.581. The van der Waals surface area contributed by atoms with Crippen LogP contribution in [0.15, 0.2) is 48.5 Å². The average Bonchev–Trinajstić information content (AvgIpc) is 2.81. The molecule has 1 N–H and O–H groups in total. The summed E-state index contributed by atoms with van der Waals surface area (Å²) in [6.45, 7) is 2.06. The van der Waals surface area contributed by atoms with Crippen molar-refractivity contribution >= 4 is 5.69 Å². The molecule has 0 amide bonds. The summed E-state index contributed by atoms with van der Waals surface area (Å²) < 4.78 is 0. The van der Waals surface area contributed by atoms with E-state index < -0.39 is 5.54 Å². The van der Waals surface area contributed by atoms with E-state index in [2.05, 4.69) is 36.5 Å². The Morgan fingerprint density at radius 3 is 2.63 bits per heavy atom. The summed E-state index contributed by atoms with van der Waals surface area (Å²) in [5, 5.41) is 13.2. The van der Waals surface area contributed by atoms with Gasteiger partial charge in [0.25, 0.3) is 0 Å². The molecule has 0 radical (unpaired) electrons. The second-order valence-corrected chi connectivity index (χ2v) is 5.11. The van der Waals surface area contributed by atoms with Gasteiger partial charge in [0.05, 0.1) is 6.07 Å². The maximum Gasteiger partial charge on any atom is 0.151 e. The lowest BCUT2D eigenvalue weighted by molar-refractivity contribution is 0.620. The van der Waals surface area contributed by atoms with E-state index in [0.717, 1.165) is 24.1 Å². The molecule has 1 atom stereocenters. The van der Waals surface area contributed by atoms with Crippen molar-refractivity contribution in [3.05, 3.63) is 65.2 Å². The first-order valence-corrected chi connectivity index (χ1v) is 6.59. The fourth-order valence-corrected chi connectivity index (χ4v) is 2.83. The summed E-state index contributed by atoms with van der Waals surface area (Å²) in [6, 6.07) is 18.9. The van der Waals surface area contributed by atoms with Crippen LogP contribution in [0, 0.1) is 18.3 Å². The molecule has 1 unspecified atom stereocenters. The Hall–Kier alpha value is -2.27. The second-order valence-electron chi connectivity index (χ2n) is 5.11. The van der Waals surface area contributed by atoms with Gasteiger partial charge in [0.15, 0.2) is 5.54 Å². The van der Waals surface area contributed by atoms with Gasteiger partial charge in [-0.3, -0.25) is 0 Å². The van der Waals surface area contributed by atoms with Crippen LogP contribution in [0.25, 0.3) is 0 Å². The molecule has 0 spiro atoms. The molecule has 0 aromatic heterocycles. The quantitative estimate of drug-likeness (QED) is 0.878. The number of benzene rings is 2. The Kier molecular flexibility index (Phi) is 2.76. The van der Waals surface area contributed by atoms with Crippen molar-refractivity contribution in [1.29, 1.82) is 5.26 Å². The SMILES string of the molecule is Cc1ccccc1NC1(C#N)CCc2ccccc21. The lowest BCUT2D eigenvalue weighted by Crippen LogP contribution is -2.31. The van der Waals surface area contributed by atoms with Gasteiger partial charge >= 0.3 is 0 Å². The van der Waals surface area contributed by atoms with Crippen molar-refractivity contribution in [2.24, 2.45) is 0 Å². The standard InChI is InChI=1S/C17H16N2/c1-13-6-2-5-9-16(13)19-17(12-18)11-10-14-7-3-4-8-15(14)17/h2-9,19H,10-11H2,1H3. The Bertz CT molecular complexity index is 654. The summed E-state index contributed by atoms with van der Waals surface area (Å²) in [5.74, 6) is 0.